The summed E-state index contributed by atoms with van der Waals surface area (Å²) >= 11 is 0. The van der Waals surface area contributed by atoms with Crippen LogP contribution in [0, 0.1) is 34.0 Å². The Morgan fingerprint density at radius 1 is 1.15 bits per heavy atom. The first-order chi connectivity index (χ1) is 12.5. The number of ether oxygens (including phenoxy) is 1. The molecule has 0 unspecified atom stereocenters. The summed E-state index contributed by atoms with van der Waals surface area (Å²) in [7, 11) is 0. The lowest BCUT2D eigenvalue weighted by Gasteiger charge is -2.72. The molecule has 4 aliphatic carbocycles. The van der Waals surface area contributed by atoms with Crippen LogP contribution in [0.25, 0.3) is 0 Å². The normalized spacial score (nSPS) is 55.2. The van der Waals surface area contributed by atoms with E-state index in [1.54, 1.807) is 13.8 Å². The number of allylic oxidation sites excluding steroid dienone is 2. The molecule has 8 atom stereocenters. The van der Waals surface area contributed by atoms with Crippen molar-refractivity contribution in [3.63, 3.8) is 0 Å². The summed E-state index contributed by atoms with van der Waals surface area (Å²) in [5.74, 6) is -5.90. The van der Waals surface area contributed by atoms with Gasteiger partial charge in [0.25, 0.3) is 0 Å². The number of rotatable bonds is 0. The number of hydrogen-bond donors (Lipinski definition) is 4. The number of hydrogen-bond acceptors (Lipinski definition) is 7. The van der Waals surface area contributed by atoms with Crippen LogP contribution in [-0.4, -0.2) is 56.6 Å². The maximum absolute atomic E-state index is 13.3. The topological polar surface area (TPSA) is 124 Å². The van der Waals surface area contributed by atoms with Crippen LogP contribution in [0.5, 0.6) is 0 Å². The second-order valence-electron chi connectivity index (χ2n) is 9.53. The summed E-state index contributed by atoms with van der Waals surface area (Å²) in [6, 6.07) is 0. The maximum atomic E-state index is 13.3. The Labute approximate surface area is 156 Å². The molecule has 2 aliphatic heterocycles. The van der Waals surface area contributed by atoms with E-state index in [1.165, 1.54) is 6.08 Å². The molecule has 7 nitrogen and oxygen atoms in total. The number of aliphatic hydroxyl groups excluding tert-OH is 3. The Balaban J connectivity index is 1.86. The highest BCUT2D eigenvalue weighted by Gasteiger charge is 2.87. The van der Waals surface area contributed by atoms with Crippen LogP contribution >= 0.6 is 0 Å². The number of carbonyl (C=O) groups excluding carboxylic acids is 2. The summed E-state index contributed by atoms with van der Waals surface area (Å²) < 4.78 is 5.65. The van der Waals surface area contributed by atoms with E-state index in [0.29, 0.717) is 12.8 Å². The van der Waals surface area contributed by atoms with Crippen LogP contribution < -0.4 is 0 Å². The third-order valence-corrected chi connectivity index (χ3v) is 8.26. The lowest BCUT2D eigenvalue weighted by molar-refractivity contribution is -0.434. The van der Waals surface area contributed by atoms with Crippen molar-refractivity contribution >= 4 is 11.6 Å². The second-order valence-corrected chi connectivity index (χ2v) is 9.53. The fourth-order valence-corrected chi connectivity index (χ4v) is 7.41. The van der Waals surface area contributed by atoms with E-state index in [2.05, 4.69) is 6.58 Å². The van der Waals surface area contributed by atoms with Crippen molar-refractivity contribution in [2.75, 3.05) is 6.61 Å². The standard InChI is InChI=1S/C20H24O7/c1-8-9-4-5-11-18-7-27-20(26,19(11,13(8)22)14(9)23)16(25)12(18)17(2,3)6-10(21)15(18)24/h6,9,11-12,14,16,21,23,25-26H,1,4-5,7H2,2-3H3/t9-,11-,12+,14+,16-,18-,19-,20+/m0/s1. The third kappa shape index (κ3) is 1.44. The van der Waals surface area contributed by atoms with Crippen molar-refractivity contribution in [1.29, 1.82) is 0 Å². The van der Waals surface area contributed by atoms with E-state index in [9.17, 15) is 30.0 Å². The van der Waals surface area contributed by atoms with E-state index >= 15 is 0 Å². The number of ketones is 2. The molecule has 0 radical (unpaired) electrons. The van der Waals surface area contributed by atoms with Crippen molar-refractivity contribution in [2.24, 2.45) is 34.0 Å². The first-order valence-electron chi connectivity index (χ1n) is 9.40. The smallest absolute Gasteiger partial charge is 0.208 e. The van der Waals surface area contributed by atoms with E-state index in [-0.39, 0.29) is 12.2 Å². The predicted octanol–water partition coefficient (Wildman–Crippen LogP) is 0.245. The molecule has 4 bridgehead atoms. The summed E-state index contributed by atoms with van der Waals surface area (Å²) in [6.45, 7) is 7.16. The minimum atomic E-state index is -2.31. The zero-order valence-electron chi connectivity index (χ0n) is 15.3. The van der Waals surface area contributed by atoms with Crippen molar-refractivity contribution < 1.29 is 34.8 Å². The molecule has 2 heterocycles. The molecule has 6 rings (SSSR count). The van der Waals surface area contributed by atoms with Gasteiger partial charge in [-0.3, -0.25) is 9.59 Å². The van der Waals surface area contributed by atoms with Crippen LogP contribution in [0.3, 0.4) is 0 Å². The van der Waals surface area contributed by atoms with Gasteiger partial charge in [-0.05, 0) is 35.8 Å². The quantitative estimate of drug-likeness (QED) is 0.447. The summed E-state index contributed by atoms with van der Waals surface area (Å²) in [6.07, 6.45) is -0.608. The summed E-state index contributed by atoms with van der Waals surface area (Å²) in [5.41, 5.74) is -3.85. The van der Waals surface area contributed by atoms with Gasteiger partial charge in [0, 0.05) is 11.8 Å². The van der Waals surface area contributed by atoms with Gasteiger partial charge < -0.3 is 25.2 Å². The SMILES string of the molecule is C=C1C(=O)[C@]23[C@H](O)[C@H]1CC[C@H]2[C@@]12CO[C@]3(O)[C@@H](O)[C@@H]1C(C)(C)C=C(O)C2=O. The van der Waals surface area contributed by atoms with Crippen LogP contribution in [0.4, 0.5) is 0 Å². The Bertz CT molecular complexity index is 843. The molecule has 7 heteroatoms. The van der Waals surface area contributed by atoms with E-state index < -0.39 is 69.3 Å². The molecule has 6 aliphatic rings. The molecule has 0 amide bonds. The second kappa shape index (κ2) is 4.54. The zero-order chi connectivity index (χ0) is 19.7. The Morgan fingerprint density at radius 3 is 2.48 bits per heavy atom. The molecule has 146 valence electrons. The highest BCUT2D eigenvalue weighted by Crippen LogP contribution is 2.75. The van der Waals surface area contributed by atoms with Crippen LogP contribution in [0.2, 0.25) is 0 Å². The average Bonchev–Trinajstić information content (AvgIpc) is 2.70. The van der Waals surface area contributed by atoms with Gasteiger partial charge in [-0.1, -0.05) is 20.4 Å². The molecule has 27 heavy (non-hydrogen) atoms. The average molecular weight is 376 g/mol. The van der Waals surface area contributed by atoms with Gasteiger partial charge >= 0.3 is 0 Å². The number of carbonyl (C=O) groups is 2. The number of aliphatic hydroxyl groups is 4. The lowest BCUT2D eigenvalue weighted by Crippen LogP contribution is -2.85. The van der Waals surface area contributed by atoms with E-state index in [4.69, 9.17) is 4.74 Å². The van der Waals surface area contributed by atoms with Crippen molar-refractivity contribution in [3.05, 3.63) is 24.0 Å². The molecule has 0 aromatic carbocycles. The minimum Gasteiger partial charge on any atom is -0.505 e. The minimum absolute atomic E-state index is 0.206. The molecule has 5 fully saturated rings. The molecule has 3 saturated carbocycles. The largest absolute Gasteiger partial charge is 0.505 e. The van der Waals surface area contributed by atoms with Crippen molar-refractivity contribution in [3.8, 4) is 0 Å². The van der Waals surface area contributed by atoms with Gasteiger partial charge in [-0.25, -0.2) is 0 Å². The number of Topliss-reactive ketones (excluding diaryl/α,β-unsaturated/α-hetero) is 2. The Morgan fingerprint density at radius 2 is 1.81 bits per heavy atom. The third-order valence-electron chi connectivity index (χ3n) is 8.26. The van der Waals surface area contributed by atoms with Crippen LogP contribution in [-0.2, 0) is 14.3 Å². The van der Waals surface area contributed by atoms with E-state index in [0.717, 1.165) is 0 Å². The maximum Gasteiger partial charge on any atom is 0.208 e. The fourth-order valence-electron chi connectivity index (χ4n) is 7.41. The van der Waals surface area contributed by atoms with Gasteiger partial charge in [-0.15, -0.1) is 0 Å². The van der Waals surface area contributed by atoms with Crippen molar-refractivity contribution in [1.82, 2.24) is 0 Å². The zero-order valence-corrected chi connectivity index (χ0v) is 15.3. The summed E-state index contributed by atoms with van der Waals surface area (Å²) in [4.78, 5) is 26.6. The fraction of sp³-hybridized carbons (Fsp3) is 0.700. The van der Waals surface area contributed by atoms with Gasteiger partial charge in [-0.2, -0.15) is 0 Å². The Hall–Kier alpha value is -1.54. The first-order valence-corrected chi connectivity index (χ1v) is 9.40. The summed E-state index contributed by atoms with van der Waals surface area (Å²) in [5, 5.41) is 44.3. The van der Waals surface area contributed by atoms with E-state index in [1.807, 2.05) is 0 Å². The molecular weight excluding hydrogens is 352 g/mol. The van der Waals surface area contributed by atoms with Crippen LogP contribution in [0.1, 0.15) is 26.7 Å². The van der Waals surface area contributed by atoms with Crippen LogP contribution in [0.15, 0.2) is 24.0 Å². The molecule has 2 spiro atoms. The molecule has 0 aromatic heterocycles. The highest BCUT2D eigenvalue weighted by atomic mass is 16.6. The van der Waals surface area contributed by atoms with Gasteiger partial charge in [0.1, 0.15) is 11.5 Å². The predicted molar refractivity (Wildman–Crippen MR) is 91.1 cm³/mol. The van der Waals surface area contributed by atoms with Gasteiger partial charge in [0.05, 0.1) is 18.1 Å². The molecule has 2 saturated heterocycles. The van der Waals surface area contributed by atoms with Gasteiger partial charge in [0.2, 0.25) is 11.6 Å². The molecule has 0 aromatic rings. The molecule has 4 N–H and O–H groups in total. The lowest BCUT2D eigenvalue weighted by atomic mass is 9.37. The van der Waals surface area contributed by atoms with Gasteiger partial charge in [0.15, 0.2) is 11.5 Å². The van der Waals surface area contributed by atoms with Crippen molar-refractivity contribution in [2.45, 2.75) is 44.7 Å². The monoisotopic (exact) mass is 376 g/mol. The highest BCUT2D eigenvalue weighted by molar-refractivity contribution is 6.07. The first kappa shape index (κ1) is 17.6. The Kier molecular flexibility index (Phi) is 2.95. The molecular formula is C20H24O7. The number of fused-ring (bicyclic) bond motifs is 2.